The summed E-state index contributed by atoms with van der Waals surface area (Å²) >= 11 is 6.20. The molecule has 2 aromatic rings. The molecule has 0 radical (unpaired) electrons. The van der Waals surface area contributed by atoms with E-state index in [2.05, 4.69) is 32.0 Å². The number of halogens is 1. The van der Waals surface area contributed by atoms with Crippen LogP contribution in [0.5, 0.6) is 0 Å². The second-order valence-electron chi connectivity index (χ2n) is 10.6. The van der Waals surface area contributed by atoms with Crippen LogP contribution in [0, 0.1) is 5.92 Å². The lowest BCUT2D eigenvalue weighted by Gasteiger charge is -2.42. The predicted octanol–water partition coefficient (Wildman–Crippen LogP) is 3.51. The number of aliphatic hydroxyl groups is 1. The third-order valence-electron chi connectivity index (χ3n) is 8.26. The van der Waals surface area contributed by atoms with Crippen LogP contribution in [0.15, 0.2) is 30.6 Å². The third kappa shape index (κ3) is 5.99. The number of carbonyl (C=O) groups is 1. The van der Waals surface area contributed by atoms with E-state index in [9.17, 15) is 9.90 Å². The van der Waals surface area contributed by atoms with Crippen molar-refractivity contribution in [2.45, 2.75) is 56.7 Å². The number of aldehydes is 1. The average molecular weight is 528 g/mol. The minimum absolute atomic E-state index is 0.0801. The fraction of sp³-hybridized carbons (Fsp3) is 0.607. The Morgan fingerprint density at radius 2 is 1.89 bits per heavy atom. The molecule has 2 unspecified atom stereocenters. The first-order valence-electron chi connectivity index (χ1n) is 13.6. The Kier molecular flexibility index (Phi) is 8.72. The summed E-state index contributed by atoms with van der Waals surface area (Å²) in [5, 5.41) is 14.7. The summed E-state index contributed by atoms with van der Waals surface area (Å²) in [5.74, 6) is 1.83. The van der Waals surface area contributed by atoms with E-state index in [1.807, 2.05) is 24.3 Å². The molecule has 2 N–H and O–H groups in total. The van der Waals surface area contributed by atoms with E-state index >= 15 is 0 Å². The second kappa shape index (κ2) is 12.2. The van der Waals surface area contributed by atoms with Gasteiger partial charge in [0.05, 0.1) is 23.9 Å². The number of aromatic nitrogens is 2. The monoisotopic (exact) mass is 527 g/mol. The molecule has 3 heterocycles. The van der Waals surface area contributed by atoms with Crippen LogP contribution in [0.4, 0.5) is 5.82 Å². The lowest BCUT2D eigenvalue weighted by Crippen LogP contribution is -2.53. The van der Waals surface area contributed by atoms with Crippen LogP contribution < -0.4 is 10.2 Å². The van der Waals surface area contributed by atoms with Gasteiger partial charge in [-0.2, -0.15) is 0 Å². The van der Waals surface area contributed by atoms with Gasteiger partial charge in [0.15, 0.2) is 0 Å². The van der Waals surface area contributed by atoms with Gasteiger partial charge in [-0.25, -0.2) is 9.97 Å². The van der Waals surface area contributed by atoms with Crippen LogP contribution in [0.1, 0.15) is 67.5 Å². The van der Waals surface area contributed by atoms with Gasteiger partial charge in [-0.05, 0) is 61.8 Å². The number of piperazine rings is 1. The molecule has 37 heavy (non-hydrogen) atoms. The Bertz CT molecular complexity index is 1040. The van der Waals surface area contributed by atoms with Gasteiger partial charge < -0.3 is 24.9 Å². The summed E-state index contributed by atoms with van der Waals surface area (Å²) < 4.78 is 5.49. The summed E-state index contributed by atoms with van der Waals surface area (Å²) in [5.41, 5.74) is 2.94. The van der Waals surface area contributed by atoms with E-state index in [1.165, 1.54) is 0 Å². The highest BCUT2D eigenvalue weighted by atomic mass is 35.5. The van der Waals surface area contributed by atoms with Crippen molar-refractivity contribution in [1.82, 2.24) is 20.2 Å². The molecular weight excluding hydrogens is 490 g/mol. The summed E-state index contributed by atoms with van der Waals surface area (Å²) in [6, 6.07) is 7.49. The Morgan fingerprint density at radius 1 is 1.16 bits per heavy atom. The van der Waals surface area contributed by atoms with Gasteiger partial charge in [0, 0.05) is 50.0 Å². The van der Waals surface area contributed by atoms with Gasteiger partial charge in [-0.3, -0.25) is 4.90 Å². The molecule has 2 aliphatic heterocycles. The number of aliphatic hydroxyl groups excluding tert-OH is 1. The number of nitrogens with one attached hydrogen (secondary N) is 1. The molecule has 2 saturated heterocycles. The highest BCUT2D eigenvalue weighted by Gasteiger charge is 2.36. The maximum atomic E-state index is 12.4. The highest BCUT2D eigenvalue weighted by molar-refractivity contribution is 6.30. The summed E-state index contributed by atoms with van der Waals surface area (Å²) in [4.78, 5) is 26.1. The molecule has 0 bridgehead atoms. The second-order valence-corrected chi connectivity index (χ2v) is 11.1. The number of hydrogen-bond acceptors (Lipinski definition) is 8. The van der Waals surface area contributed by atoms with Crippen molar-refractivity contribution in [3.8, 4) is 0 Å². The quantitative estimate of drug-likeness (QED) is 0.479. The van der Waals surface area contributed by atoms with Crippen LogP contribution in [-0.2, 0) is 9.53 Å². The van der Waals surface area contributed by atoms with Crippen molar-refractivity contribution in [3.05, 3.63) is 52.4 Å². The van der Waals surface area contributed by atoms with E-state index in [0.29, 0.717) is 17.4 Å². The minimum atomic E-state index is -0.511. The maximum Gasteiger partial charge on any atom is 0.138 e. The van der Waals surface area contributed by atoms with Gasteiger partial charge in [-0.15, -0.1) is 0 Å². The molecular formula is C28H38ClN5O3. The van der Waals surface area contributed by atoms with Crippen molar-refractivity contribution in [2.75, 3.05) is 50.8 Å². The van der Waals surface area contributed by atoms with Crippen LogP contribution in [0.25, 0.3) is 0 Å². The Balaban J connectivity index is 1.29. The smallest absolute Gasteiger partial charge is 0.138 e. The van der Waals surface area contributed by atoms with E-state index in [1.54, 1.807) is 6.33 Å². The van der Waals surface area contributed by atoms with Gasteiger partial charge >= 0.3 is 0 Å². The molecule has 0 spiro atoms. The molecule has 5 rings (SSSR count). The molecule has 1 aromatic heterocycles. The van der Waals surface area contributed by atoms with Gasteiger partial charge in [0.2, 0.25) is 0 Å². The average Bonchev–Trinajstić information content (AvgIpc) is 3.23. The van der Waals surface area contributed by atoms with Crippen LogP contribution in [-0.4, -0.2) is 78.2 Å². The van der Waals surface area contributed by atoms with Crippen LogP contribution >= 0.6 is 11.6 Å². The zero-order valence-corrected chi connectivity index (χ0v) is 22.3. The molecule has 0 saturated carbocycles. The number of benzene rings is 1. The minimum Gasteiger partial charge on any atom is -0.387 e. The van der Waals surface area contributed by atoms with Crippen LogP contribution in [0.3, 0.4) is 0 Å². The van der Waals surface area contributed by atoms with E-state index in [-0.39, 0.29) is 18.0 Å². The SMILES string of the molecule is C[C@@H]1C[C@@H](O)c2ncnc(N3CCN(C(c4ccc(Cl)cc4)C(C=O)NCCC4CCOCC4)CC3)c21. The number of rotatable bonds is 9. The number of anilines is 1. The zero-order chi connectivity index (χ0) is 25.8. The van der Waals surface area contributed by atoms with Crippen molar-refractivity contribution in [3.63, 3.8) is 0 Å². The van der Waals surface area contributed by atoms with E-state index in [0.717, 1.165) is 94.1 Å². The zero-order valence-electron chi connectivity index (χ0n) is 21.6. The van der Waals surface area contributed by atoms with Crippen molar-refractivity contribution >= 4 is 23.7 Å². The number of ether oxygens (including phenoxy) is 1. The third-order valence-corrected chi connectivity index (χ3v) is 8.51. The number of hydrogen-bond donors (Lipinski definition) is 2. The van der Waals surface area contributed by atoms with Crippen LogP contribution in [0.2, 0.25) is 5.02 Å². The number of fused-ring (bicyclic) bond motifs is 1. The first kappa shape index (κ1) is 26.5. The normalized spacial score (nSPS) is 24.6. The predicted molar refractivity (Wildman–Crippen MR) is 144 cm³/mol. The molecule has 0 amide bonds. The van der Waals surface area contributed by atoms with Gasteiger partial charge in [0.25, 0.3) is 0 Å². The van der Waals surface area contributed by atoms with Gasteiger partial charge in [-0.1, -0.05) is 30.7 Å². The van der Waals surface area contributed by atoms with Crippen molar-refractivity contribution in [2.24, 2.45) is 5.92 Å². The largest absolute Gasteiger partial charge is 0.387 e. The first-order valence-corrected chi connectivity index (χ1v) is 14.0. The molecule has 1 aliphatic carbocycles. The Labute approximate surface area is 224 Å². The molecule has 3 aliphatic rings. The molecule has 1 aromatic carbocycles. The molecule has 200 valence electrons. The summed E-state index contributed by atoms with van der Waals surface area (Å²) in [7, 11) is 0. The molecule has 8 nitrogen and oxygen atoms in total. The lowest BCUT2D eigenvalue weighted by molar-refractivity contribution is -0.111. The fourth-order valence-electron chi connectivity index (χ4n) is 6.19. The van der Waals surface area contributed by atoms with Gasteiger partial charge in [0.1, 0.15) is 18.4 Å². The van der Waals surface area contributed by atoms with Crippen molar-refractivity contribution in [1.29, 1.82) is 0 Å². The molecule has 4 atom stereocenters. The maximum absolute atomic E-state index is 12.4. The van der Waals surface area contributed by atoms with E-state index in [4.69, 9.17) is 16.3 Å². The first-order chi connectivity index (χ1) is 18.0. The summed E-state index contributed by atoms with van der Waals surface area (Å²) in [6.07, 6.45) is 6.07. The lowest BCUT2D eigenvalue weighted by atomic mass is 9.95. The number of carbonyl (C=O) groups excluding carboxylic acids is 1. The number of nitrogens with zero attached hydrogens (tertiary/aromatic N) is 4. The van der Waals surface area contributed by atoms with E-state index < -0.39 is 6.10 Å². The Hall–Kier alpha value is -2.10. The highest BCUT2D eigenvalue weighted by Crippen LogP contribution is 2.43. The Morgan fingerprint density at radius 3 is 2.59 bits per heavy atom. The topological polar surface area (TPSA) is 90.8 Å². The molecule has 2 fully saturated rings. The fourth-order valence-corrected chi connectivity index (χ4v) is 6.32. The van der Waals surface area contributed by atoms with Crippen molar-refractivity contribution < 1.29 is 14.6 Å². The standard InChI is InChI=1S/C28H38ClN5O3/c1-19-16-24(36)26-25(19)28(32-18-31-26)34-12-10-33(11-13-34)27(21-2-4-22(29)5-3-21)23(17-35)30-9-6-20-7-14-37-15-8-20/h2-5,17-20,23-24,27,30,36H,6-16H2,1H3/t19-,23?,24-,27?/m1/s1. The molecule has 9 heteroatoms. The summed E-state index contributed by atoms with van der Waals surface area (Å²) in [6.45, 7) is 7.82.